The molecule has 0 atom stereocenters. The summed E-state index contributed by atoms with van der Waals surface area (Å²) in [5.74, 6) is -1.78. The Hall–Kier alpha value is -1.56. The molecular weight excluding hydrogens is 245 g/mol. The van der Waals surface area contributed by atoms with E-state index in [1.165, 1.54) is 13.1 Å². The van der Waals surface area contributed by atoms with Crippen LogP contribution in [0.3, 0.4) is 0 Å². The molecule has 0 unspecified atom stereocenters. The van der Waals surface area contributed by atoms with Crippen molar-refractivity contribution >= 4 is 23.6 Å². The van der Waals surface area contributed by atoms with E-state index in [4.69, 9.17) is 5.11 Å². The van der Waals surface area contributed by atoms with Crippen LogP contribution < -0.4 is 0 Å². The number of hydrogen-bond acceptors (Lipinski definition) is 3. The number of aliphatic carboxylic acids is 1. The molecule has 0 heterocycles. The molecule has 1 aromatic carbocycles. The Morgan fingerprint density at radius 1 is 1.41 bits per heavy atom. The third-order valence-electron chi connectivity index (χ3n) is 1.99. The summed E-state index contributed by atoms with van der Waals surface area (Å²) in [5, 5.41) is 8.50. The standard InChI is InChI=1S/C11H12FNO3S/c1-13(6-11(15)16)10(14)7-17-9-5-3-2-4-8(9)12/h2-5H,6-7H2,1H3,(H,15,16). The molecule has 1 aromatic rings. The first kappa shape index (κ1) is 13.5. The Balaban J connectivity index is 2.48. The highest BCUT2D eigenvalue weighted by Crippen LogP contribution is 2.21. The zero-order valence-corrected chi connectivity index (χ0v) is 10.0. The third kappa shape index (κ3) is 4.44. The summed E-state index contributed by atoms with van der Waals surface area (Å²) in [4.78, 5) is 23.3. The van der Waals surface area contributed by atoms with Crippen LogP contribution in [-0.4, -0.2) is 41.2 Å². The zero-order valence-electron chi connectivity index (χ0n) is 9.22. The van der Waals surface area contributed by atoms with E-state index in [1.54, 1.807) is 18.2 Å². The monoisotopic (exact) mass is 257 g/mol. The fourth-order valence-electron chi connectivity index (χ4n) is 1.10. The second-order valence-corrected chi connectivity index (χ2v) is 4.38. The Kier molecular flexibility index (Phi) is 4.96. The van der Waals surface area contributed by atoms with Crippen molar-refractivity contribution in [2.75, 3.05) is 19.3 Å². The number of thioether (sulfide) groups is 1. The molecule has 0 aromatic heterocycles. The summed E-state index contributed by atoms with van der Waals surface area (Å²) in [5.41, 5.74) is 0. The topological polar surface area (TPSA) is 57.6 Å². The molecule has 0 aliphatic carbocycles. The lowest BCUT2D eigenvalue weighted by molar-refractivity contribution is -0.142. The van der Waals surface area contributed by atoms with Gasteiger partial charge in [0.15, 0.2) is 0 Å². The first-order valence-corrected chi connectivity index (χ1v) is 5.82. The van der Waals surface area contributed by atoms with Crippen molar-refractivity contribution in [2.24, 2.45) is 0 Å². The van der Waals surface area contributed by atoms with Gasteiger partial charge in [-0.15, -0.1) is 11.8 Å². The maximum atomic E-state index is 13.2. The molecule has 0 saturated heterocycles. The first-order valence-electron chi connectivity index (χ1n) is 4.84. The van der Waals surface area contributed by atoms with Crippen LogP contribution in [-0.2, 0) is 9.59 Å². The molecule has 0 saturated carbocycles. The van der Waals surface area contributed by atoms with Gasteiger partial charge < -0.3 is 10.0 Å². The van der Waals surface area contributed by atoms with Crippen LogP contribution in [0.25, 0.3) is 0 Å². The summed E-state index contributed by atoms with van der Waals surface area (Å²) in [6, 6.07) is 6.13. The third-order valence-corrected chi connectivity index (χ3v) is 3.02. The Morgan fingerprint density at radius 2 is 2.06 bits per heavy atom. The lowest BCUT2D eigenvalue weighted by atomic mass is 10.3. The van der Waals surface area contributed by atoms with Crippen molar-refractivity contribution in [3.63, 3.8) is 0 Å². The summed E-state index contributed by atoms with van der Waals surface area (Å²) in [6.07, 6.45) is 0. The molecule has 4 nitrogen and oxygen atoms in total. The van der Waals surface area contributed by atoms with Crippen molar-refractivity contribution in [2.45, 2.75) is 4.90 Å². The normalized spacial score (nSPS) is 10.0. The van der Waals surface area contributed by atoms with Crippen LogP contribution in [0.4, 0.5) is 4.39 Å². The van der Waals surface area contributed by atoms with Gasteiger partial charge >= 0.3 is 5.97 Å². The van der Waals surface area contributed by atoms with Gasteiger partial charge in [-0.3, -0.25) is 9.59 Å². The number of nitrogens with zero attached hydrogens (tertiary/aromatic N) is 1. The Bertz CT molecular complexity index is 425. The van der Waals surface area contributed by atoms with Gasteiger partial charge in [-0.1, -0.05) is 12.1 Å². The van der Waals surface area contributed by atoms with Gasteiger partial charge in [0.05, 0.1) is 5.75 Å². The maximum Gasteiger partial charge on any atom is 0.323 e. The average molecular weight is 257 g/mol. The number of rotatable bonds is 5. The van der Waals surface area contributed by atoms with Crippen LogP contribution in [0.1, 0.15) is 0 Å². The van der Waals surface area contributed by atoms with Gasteiger partial charge in [-0.05, 0) is 12.1 Å². The molecule has 0 aliphatic heterocycles. The number of carboxylic acids is 1. The number of hydrogen-bond donors (Lipinski definition) is 1. The lowest BCUT2D eigenvalue weighted by Crippen LogP contribution is -2.33. The summed E-state index contributed by atoms with van der Waals surface area (Å²) in [6.45, 7) is -0.351. The van der Waals surface area contributed by atoms with Crippen LogP contribution >= 0.6 is 11.8 Å². The largest absolute Gasteiger partial charge is 0.480 e. The highest BCUT2D eigenvalue weighted by Gasteiger charge is 2.13. The molecule has 0 spiro atoms. The van der Waals surface area contributed by atoms with Crippen LogP contribution in [0.5, 0.6) is 0 Å². The van der Waals surface area contributed by atoms with Crippen molar-refractivity contribution < 1.29 is 19.1 Å². The first-order chi connectivity index (χ1) is 8.00. The Labute approximate surface area is 102 Å². The Morgan fingerprint density at radius 3 is 2.65 bits per heavy atom. The van der Waals surface area contributed by atoms with E-state index in [0.717, 1.165) is 16.7 Å². The smallest absolute Gasteiger partial charge is 0.323 e. The molecule has 1 rings (SSSR count). The molecule has 0 aliphatic rings. The predicted octanol–water partition coefficient (Wildman–Crippen LogP) is 1.46. The quantitative estimate of drug-likeness (QED) is 0.811. The number of carboxylic acid groups (broad SMARTS) is 1. The van der Waals surface area contributed by atoms with Gasteiger partial charge in [-0.2, -0.15) is 0 Å². The van der Waals surface area contributed by atoms with Gasteiger partial charge in [0.1, 0.15) is 12.4 Å². The predicted molar refractivity (Wildman–Crippen MR) is 62.4 cm³/mol. The minimum atomic E-state index is -1.07. The molecule has 17 heavy (non-hydrogen) atoms. The van der Waals surface area contributed by atoms with E-state index in [1.807, 2.05) is 0 Å². The number of likely N-dealkylation sites (N-methyl/N-ethyl adjacent to an activating group) is 1. The van der Waals surface area contributed by atoms with E-state index in [0.29, 0.717) is 4.90 Å². The number of benzene rings is 1. The lowest BCUT2D eigenvalue weighted by Gasteiger charge is -2.14. The van der Waals surface area contributed by atoms with E-state index in [-0.39, 0.29) is 24.0 Å². The molecule has 1 amide bonds. The molecule has 6 heteroatoms. The number of halogens is 1. The van der Waals surface area contributed by atoms with Crippen LogP contribution in [0.15, 0.2) is 29.2 Å². The second-order valence-electron chi connectivity index (χ2n) is 3.36. The van der Waals surface area contributed by atoms with Gasteiger partial charge in [0.2, 0.25) is 5.91 Å². The molecule has 0 bridgehead atoms. The number of carbonyl (C=O) groups is 2. The van der Waals surface area contributed by atoms with Crippen molar-refractivity contribution in [1.82, 2.24) is 4.90 Å². The average Bonchev–Trinajstić information content (AvgIpc) is 2.26. The van der Waals surface area contributed by atoms with Crippen LogP contribution in [0.2, 0.25) is 0 Å². The van der Waals surface area contributed by atoms with Crippen molar-refractivity contribution in [1.29, 1.82) is 0 Å². The van der Waals surface area contributed by atoms with E-state index < -0.39 is 5.97 Å². The van der Waals surface area contributed by atoms with Crippen molar-refractivity contribution in [3.8, 4) is 0 Å². The van der Waals surface area contributed by atoms with Crippen LogP contribution in [0, 0.1) is 5.82 Å². The minimum Gasteiger partial charge on any atom is -0.480 e. The summed E-state index contributed by atoms with van der Waals surface area (Å²) >= 11 is 1.05. The summed E-state index contributed by atoms with van der Waals surface area (Å²) in [7, 11) is 1.40. The fraction of sp³-hybridized carbons (Fsp3) is 0.273. The second kappa shape index (κ2) is 6.24. The van der Waals surface area contributed by atoms with Gasteiger partial charge in [0, 0.05) is 11.9 Å². The van der Waals surface area contributed by atoms with E-state index >= 15 is 0 Å². The van der Waals surface area contributed by atoms with Crippen molar-refractivity contribution in [3.05, 3.63) is 30.1 Å². The minimum absolute atomic E-state index is 0.0186. The molecule has 0 radical (unpaired) electrons. The highest BCUT2D eigenvalue weighted by molar-refractivity contribution is 8.00. The van der Waals surface area contributed by atoms with Gasteiger partial charge in [-0.25, -0.2) is 4.39 Å². The number of amides is 1. The molecule has 0 fully saturated rings. The number of carbonyl (C=O) groups excluding carboxylic acids is 1. The highest BCUT2D eigenvalue weighted by atomic mass is 32.2. The zero-order chi connectivity index (χ0) is 12.8. The van der Waals surface area contributed by atoms with Gasteiger partial charge in [0.25, 0.3) is 0 Å². The van der Waals surface area contributed by atoms with E-state index in [9.17, 15) is 14.0 Å². The molecular formula is C11H12FNO3S. The molecule has 1 N–H and O–H groups in total. The molecule has 92 valence electrons. The fourth-order valence-corrected chi connectivity index (χ4v) is 1.98. The SMILES string of the molecule is CN(CC(=O)O)C(=O)CSc1ccccc1F. The maximum absolute atomic E-state index is 13.2. The van der Waals surface area contributed by atoms with E-state index in [2.05, 4.69) is 0 Å². The summed E-state index contributed by atoms with van der Waals surface area (Å²) < 4.78 is 13.2.